The maximum Gasteiger partial charge on any atom is 0.214 e. The van der Waals surface area contributed by atoms with Gasteiger partial charge in [0.05, 0.1) is 12.4 Å². The molecule has 23 heavy (non-hydrogen) atoms. The molecule has 1 N–H and O–H groups in total. The Hall–Kier alpha value is -0.950. The van der Waals surface area contributed by atoms with Crippen LogP contribution in [-0.4, -0.2) is 45.9 Å². The second kappa shape index (κ2) is 9.37. The van der Waals surface area contributed by atoms with Crippen molar-refractivity contribution in [2.24, 2.45) is 0 Å². The van der Waals surface area contributed by atoms with Gasteiger partial charge in [0.2, 0.25) is 10.0 Å². The second-order valence-electron chi connectivity index (χ2n) is 6.09. The number of benzene rings is 1. The first-order chi connectivity index (χ1) is 11.1. The molecular weight excluding hydrogens is 312 g/mol. The summed E-state index contributed by atoms with van der Waals surface area (Å²) in [5.41, 5.74) is 2.27. The van der Waals surface area contributed by atoms with E-state index in [0.717, 1.165) is 25.2 Å². The molecule has 1 heterocycles. The van der Waals surface area contributed by atoms with Crippen molar-refractivity contribution in [3.8, 4) is 0 Å². The van der Waals surface area contributed by atoms with Crippen LogP contribution < -0.4 is 4.72 Å². The van der Waals surface area contributed by atoms with Crippen molar-refractivity contribution in [2.75, 3.05) is 32.6 Å². The van der Waals surface area contributed by atoms with Gasteiger partial charge in [0.15, 0.2) is 0 Å². The monoisotopic (exact) mass is 340 g/mol. The van der Waals surface area contributed by atoms with Gasteiger partial charge >= 0.3 is 0 Å². The Balaban J connectivity index is 1.96. The smallest absolute Gasteiger partial charge is 0.214 e. The zero-order chi connectivity index (χ0) is 16.5. The minimum absolute atomic E-state index is 0.00219. The maximum atomic E-state index is 11.9. The van der Waals surface area contributed by atoms with E-state index < -0.39 is 10.0 Å². The van der Waals surface area contributed by atoms with Crippen LogP contribution in [0.4, 0.5) is 0 Å². The summed E-state index contributed by atoms with van der Waals surface area (Å²) in [5.74, 6) is -0.00219. The molecule has 1 aliphatic heterocycles. The Morgan fingerprint density at radius 2 is 1.74 bits per heavy atom. The molecule has 0 aliphatic carbocycles. The van der Waals surface area contributed by atoms with Crippen LogP contribution in [0.2, 0.25) is 0 Å². The first kappa shape index (κ1) is 18.4. The fraction of sp³-hybridized carbons (Fsp3) is 0.647. The number of rotatable bonds is 8. The third-order valence-corrected chi connectivity index (χ3v) is 5.54. The first-order valence-corrected chi connectivity index (χ1v) is 10.0. The molecule has 0 amide bonds. The fourth-order valence-electron chi connectivity index (χ4n) is 2.87. The molecule has 0 atom stereocenters. The average molecular weight is 340 g/mol. The number of nitrogens with one attached hydrogen (secondary N) is 1. The van der Waals surface area contributed by atoms with Crippen molar-refractivity contribution in [1.29, 1.82) is 0 Å². The van der Waals surface area contributed by atoms with Crippen molar-refractivity contribution < 1.29 is 13.2 Å². The third-order valence-electron chi connectivity index (χ3n) is 4.25. The molecule has 0 bridgehead atoms. The molecule has 0 aromatic heterocycles. The van der Waals surface area contributed by atoms with Gasteiger partial charge in [-0.3, -0.25) is 4.90 Å². The molecule has 0 unspecified atom stereocenters. The highest BCUT2D eigenvalue weighted by molar-refractivity contribution is 7.89. The highest BCUT2D eigenvalue weighted by Gasteiger charge is 2.14. The van der Waals surface area contributed by atoms with Crippen molar-refractivity contribution >= 4 is 10.0 Å². The summed E-state index contributed by atoms with van der Waals surface area (Å²) in [6.45, 7) is 3.72. The molecule has 1 aliphatic rings. The third kappa shape index (κ3) is 6.59. The summed E-state index contributed by atoms with van der Waals surface area (Å²) >= 11 is 0. The minimum atomic E-state index is -3.29. The molecule has 1 saturated heterocycles. The summed E-state index contributed by atoms with van der Waals surface area (Å²) < 4.78 is 31.3. The van der Waals surface area contributed by atoms with E-state index in [9.17, 15) is 8.42 Å². The lowest BCUT2D eigenvalue weighted by Crippen LogP contribution is -2.29. The average Bonchev–Trinajstić information content (AvgIpc) is 2.81. The summed E-state index contributed by atoms with van der Waals surface area (Å²) in [6.07, 6.45) is 5.15. The molecule has 0 spiro atoms. The number of ether oxygens (including phenoxy) is 1. The van der Waals surface area contributed by atoms with Crippen molar-refractivity contribution in [1.82, 2.24) is 9.62 Å². The second-order valence-corrected chi connectivity index (χ2v) is 8.02. The van der Waals surface area contributed by atoms with Crippen molar-refractivity contribution in [2.45, 2.75) is 38.8 Å². The lowest BCUT2D eigenvalue weighted by atomic mass is 10.1. The summed E-state index contributed by atoms with van der Waals surface area (Å²) in [4.78, 5) is 2.48. The predicted octanol–water partition coefficient (Wildman–Crippen LogP) is 2.13. The van der Waals surface area contributed by atoms with E-state index in [1.807, 2.05) is 18.2 Å². The van der Waals surface area contributed by atoms with Crippen LogP contribution in [0, 0.1) is 0 Å². The van der Waals surface area contributed by atoms with Crippen LogP contribution in [0.25, 0.3) is 0 Å². The van der Waals surface area contributed by atoms with E-state index in [1.165, 1.54) is 38.4 Å². The van der Waals surface area contributed by atoms with Crippen LogP contribution >= 0.6 is 0 Å². The maximum absolute atomic E-state index is 11.9. The van der Waals surface area contributed by atoms with Gasteiger partial charge in [0.1, 0.15) is 0 Å². The van der Waals surface area contributed by atoms with E-state index in [2.05, 4.69) is 15.7 Å². The summed E-state index contributed by atoms with van der Waals surface area (Å²) in [6, 6.07) is 8.09. The highest BCUT2D eigenvalue weighted by atomic mass is 32.2. The lowest BCUT2D eigenvalue weighted by Gasteiger charge is -2.21. The predicted molar refractivity (Wildman–Crippen MR) is 92.7 cm³/mol. The Labute approximate surface area is 140 Å². The Kier molecular flexibility index (Phi) is 7.49. The summed E-state index contributed by atoms with van der Waals surface area (Å²) in [5, 5.41) is 0. The molecule has 130 valence electrons. The Morgan fingerprint density at radius 3 is 2.39 bits per heavy atom. The van der Waals surface area contributed by atoms with E-state index in [0.29, 0.717) is 6.54 Å². The van der Waals surface area contributed by atoms with Gasteiger partial charge in [0, 0.05) is 20.2 Å². The quantitative estimate of drug-likeness (QED) is 0.788. The lowest BCUT2D eigenvalue weighted by molar-refractivity contribution is 0.217. The van der Waals surface area contributed by atoms with E-state index in [4.69, 9.17) is 4.74 Å². The number of hydrogen-bond donors (Lipinski definition) is 1. The highest BCUT2D eigenvalue weighted by Crippen LogP contribution is 2.16. The van der Waals surface area contributed by atoms with Crippen LogP contribution in [0.15, 0.2) is 24.3 Å². The number of sulfonamides is 1. The first-order valence-electron chi connectivity index (χ1n) is 8.36. The Bertz CT molecular complexity index is 567. The van der Waals surface area contributed by atoms with Crippen LogP contribution in [0.5, 0.6) is 0 Å². The van der Waals surface area contributed by atoms with Crippen molar-refractivity contribution in [3.63, 3.8) is 0 Å². The van der Waals surface area contributed by atoms with E-state index >= 15 is 0 Å². The number of nitrogens with zero attached hydrogens (tertiary/aromatic N) is 1. The molecule has 0 radical (unpaired) electrons. The Morgan fingerprint density at radius 1 is 1.09 bits per heavy atom. The van der Waals surface area contributed by atoms with E-state index in [-0.39, 0.29) is 12.4 Å². The zero-order valence-corrected chi connectivity index (χ0v) is 14.8. The molecule has 0 saturated carbocycles. The number of methoxy groups -OCH3 is 1. The van der Waals surface area contributed by atoms with Crippen molar-refractivity contribution in [3.05, 3.63) is 35.4 Å². The molecular formula is C17H28N2O3S. The van der Waals surface area contributed by atoms with Gasteiger partial charge in [0.25, 0.3) is 0 Å². The van der Waals surface area contributed by atoms with Crippen LogP contribution in [-0.2, 0) is 27.8 Å². The number of hydrogen-bond acceptors (Lipinski definition) is 4. The van der Waals surface area contributed by atoms with Gasteiger partial charge in [-0.1, -0.05) is 37.1 Å². The molecule has 5 nitrogen and oxygen atoms in total. The van der Waals surface area contributed by atoms with Gasteiger partial charge < -0.3 is 4.74 Å². The fourth-order valence-corrected chi connectivity index (χ4v) is 3.78. The molecule has 2 rings (SSSR count). The minimum Gasteiger partial charge on any atom is -0.384 e. The van der Waals surface area contributed by atoms with Gasteiger partial charge in [-0.05, 0) is 37.1 Å². The van der Waals surface area contributed by atoms with Gasteiger partial charge in [-0.25, -0.2) is 13.1 Å². The molecule has 1 aromatic carbocycles. The van der Waals surface area contributed by atoms with Crippen LogP contribution in [0.3, 0.4) is 0 Å². The SMILES string of the molecule is COCCS(=O)(=O)NCc1ccccc1CN1CCCCCC1. The summed E-state index contributed by atoms with van der Waals surface area (Å²) in [7, 11) is -1.78. The van der Waals surface area contributed by atoms with Gasteiger partial charge in [-0.15, -0.1) is 0 Å². The van der Waals surface area contributed by atoms with Crippen LogP contribution in [0.1, 0.15) is 36.8 Å². The largest absolute Gasteiger partial charge is 0.384 e. The topological polar surface area (TPSA) is 58.6 Å². The zero-order valence-electron chi connectivity index (χ0n) is 14.0. The normalized spacial score (nSPS) is 17.1. The molecule has 6 heteroatoms. The van der Waals surface area contributed by atoms with E-state index in [1.54, 1.807) is 0 Å². The molecule has 1 fully saturated rings. The standard InChI is InChI=1S/C17H28N2O3S/c1-22-12-13-23(20,21)18-14-16-8-4-5-9-17(16)15-19-10-6-2-3-7-11-19/h4-5,8-9,18H,2-3,6-7,10-15H2,1H3. The van der Waals surface area contributed by atoms with Gasteiger partial charge in [-0.2, -0.15) is 0 Å². The number of likely N-dealkylation sites (tertiary alicyclic amines) is 1. The molecule has 1 aromatic rings.